The van der Waals surface area contributed by atoms with E-state index in [0.29, 0.717) is 13.1 Å². The first-order chi connectivity index (χ1) is 16.6. The molecule has 5 aromatic rings. The highest BCUT2D eigenvalue weighted by Gasteiger charge is 2.28. The first-order valence-corrected chi connectivity index (χ1v) is 12.5. The van der Waals surface area contributed by atoms with E-state index in [0.717, 1.165) is 48.1 Å². The Morgan fingerprint density at radius 1 is 1.06 bits per heavy atom. The van der Waals surface area contributed by atoms with Crippen LogP contribution in [0.15, 0.2) is 48.5 Å². The van der Waals surface area contributed by atoms with Crippen LogP contribution in [-0.2, 0) is 29.1 Å². The number of aromatic nitrogens is 4. The standard InChI is InChI=1S/C24H20N6O2S2/c1-14(31)29-11-10-15-20(12-29)34-24(22(15)23-25-17-7-3-5-9-19(17)33-23)26-21(32)13-30-18-8-4-2-6-16(18)27-28-30/h2-9H,10-13H2,1H3,(H,26,32). The van der Waals surface area contributed by atoms with Crippen molar-refractivity contribution in [3.05, 3.63) is 59.0 Å². The van der Waals surface area contributed by atoms with E-state index in [2.05, 4.69) is 21.7 Å². The van der Waals surface area contributed by atoms with Crippen LogP contribution in [0, 0.1) is 0 Å². The van der Waals surface area contributed by atoms with Crippen LogP contribution in [0.5, 0.6) is 0 Å². The van der Waals surface area contributed by atoms with E-state index in [1.54, 1.807) is 22.9 Å². The number of nitrogens with one attached hydrogen (secondary N) is 1. The van der Waals surface area contributed by atoms with E-state index < -0.39 is 0 Å². The predicted molar refractivity (Wildman–Crippen MR) is 134 cm³/mol. The second-order valence-electron chi connectivity index (χ2n) is 8.17. The molecule has 1 aliphatic heterocycles. The Kier molecular flexibility index (Phi) is 5.11. The van der Waals surface area contributed by atoms with Gasteiger partial charge in [-0.15, -0.1) is 27.8 Å². The van der Waals surface area contributed by atoms with Gasteiger partial charge in [0.2, 0.25) is 11.8 Å². The summed E-state index contributed by atoms with van der Waals surface area (Å²) in [5.74, 6) is -0.121. The summed E-state index contributed by atoms with van der Waals surface area (Å²) < 4.78 is 2.71. The normalized spacial score (nSPS) is 13.4. The Morgan fingerprint density at radius 3 is 2.68 bits per heavy atom. The van der Waals surface area contributed by atoms with Crippen molar-refractivity contribution in [1.29, 1.82) is 0 Å². The fraction of sp³-hybridized carbons (Fsp3) is 0.208. The maximum Gasteiger partial charge on any atom is 0.246 e. The number of para-hydroxylation sites is 2. The number of thiazole rings is 1. The van der Waals surface area contributed by atoms with Crippen molar-refractivity contribution in [2.24, 2.45) is 0 Å². The second kappa shape index (κ2) is 8.30. The Balaban J connectivity index is 1.37. The van der Waals surface area contributed by atoms with E-state index in [9.17, 15) is 9.59 Å². The molecule has 34 heavy (non-hydrogen) atoms. The quantitative estimate of drug-likeness (QED) is 0.407. The number of fused-ring (bicyclic) bond motifs is 3. The summed E-state index contributed by atoms with van der Waals surface area (Å²) in [7, 11) is 0. The number of benzene rings is 2. The molecule has 4 heterocycles. The first kappa shape index (κ1) is 20.9. The highest BCUT2D eigenvalue weighted by atomic mass is 32.1. The van der Waals surface area contributed by atoms with Crippen LogP contribution in [0.4, 0.5) is 5.00 Å². The molecule has 0 spiro atoms. The largest absolute Gasteiger partial charge is 0.337 e. The number of nitrogens with zero attached hydrogens (tertiary/aromatic N) is 5. The molecule has 8 nitrogen and oxygen atoms in total. The average molecular weight is 489 g/mol. The molecule has 0 bridgehead atoms. The van der Waals surface area contributed by atoms with Crippen LogP contribution in [0.1, 0.15) is 17.4 Å². The summed E-state index contributed by atoms with van der Waals surface area (Å²) in [5, 5.41) is 13.0. The van der Waals surface area contributed by atoms with Gasteiger partial charge in [-0.2, -0.15) is 0 Å². The van der Waals surface area contributed by atoms with Crippen LogP contribution >= 0.6 is 22.7 Å². The summed E-state index contributed by atoms with van der Waals surface area (Å²) in [4.78, 5) is 32.9. The van der Waals surface area contributed by atoms with Crippen molar-refractivity contribution in [1.82, 2.24) is 24.9 Å². The summed E-state index contributed by atoms with van der Waals surface area (Å²) >= 11 is 3.15. The van der Waals surface area contributed by atoms with Gasteiger partial charge in [0.1, 0.15) is 22.1 Å². The van der Waals surface area contributed by atoms with Crippen molar-refractivity contribution >= 4 is 60.7 Å². The Labute approximate surface area is 202 Å². The Hall–Kier alpha value is -3.63. The maximum atomic E-state index is 13.1. The summed E-state index contributed by atoms with van der Waals surface area (Å²) in [6.45, 7) is 2.87. The summed E-state index contributed by atoms with van der Waals surface area (Å²) in [6.07, 6.45) is 0.736. The minimum atomic E-state index is -0.181. The molecule has 0 unspecified atom stereocenters. The topological polar surface area (TPSA) is 93.0 Å². The second-order valence-corrected chi connectivity index (χ2v) is 10.3. The van der Waals surface area contributed by atoms with E-state index in [4.69, 9.17) is 4.98 Å². The minimum absolute atomic E-state index is 0.0575. The molecule has 2 aromatic carbocycles. The molecule has 1 N–H and O–H groups in total. The number of hydrogen-bond donors (Lipinski definition) is 1. The lowest BCUT2D eigenvalue weighted by Crippen LogP contribution is -2.33. The van der Waals surface area contributed by atoms with Crippen LogP contribution in [0.2, 0.25) is 0 Å². The van der Waals surface area contributed by atoms with Crippen molar-refractivity contribution < 1.29 is 9.59 Å². The predicted octanol–water partition coefficient (Wildman–Crippen LogP) is 4.31. The van der Waals surface area contributed by atoms with Gasteiger partial charge < -0.3 is 10.2 Å². The number of hydrogen-bond acceptors (Lipinski definition) is 7. The van der Waals surface area contributed by atoms with Crippen LogP contribution in [0.3, 0.4) is 0 Å². The van der Waals surface area contributed by atoms with E-state index in [1.807, 2.05) is 47.4 Å². The third-order valence-corrected chi connectivity index (χ3v) is 8.16. The third kappa shape index (κ3) is 3.64. The molecule has 3 aromatic heterocycles. The van der Waals surface area contributed by atoms with E-state index in [1.165, 1.54) is 16.9 Å². The summed E-state index contributed by atoms with van der Waals surface area (Å²) in [6, 6.07) is 15.6. The monoisotopic (exact) mass is 488 g/mol. The van der Waals surface area contributed by atoms with Crippen molar-refractivity contribution in [3.8, 4) is 10.6 Å². The van der Waals surface area contributed by atoms with Crippen molar-refractivity contribution in [3.63, 3.8) is 0 Å². The van der Waals surface area contributed by atoms with E-state index in [-0.39, 0.29) is 18.4 Å². The molecule has 0 saturated heterocycles. The van der Waals surface area contributed by atoms with Gasteiger partial charge in [0.05, 0.1) is 22.3 Å². The van der Waals surface area contributed by atoms with Gasteiger partial charge in [0.25, 0.3) is 0 Å². The molecular formula is C24H20N6O2S2. The van der Waals surface area contributed by atoms with Gasteiger partial charge in [-0.3, -0.25) is 9.59 Å². The Bertz CT molecular complexity index is 1530. The number of amides is 2. The van der Waals surface area contributed by atoms with E-state index >= 15 is 0 Å². The SMILES string of the molecule is CC(=O)N1CCc2c(sc(NC(=O)Cn3nnc4ccccc43)c2-c2nc3ccccc3s2)C1. The minimum Gasteiger partial charge on any atom is -0.337 e. The molecule has 10 heteroatoms. The summed E-state index contributed by atoms with van der Waals surface area (Å²) in [5.41, 5.74) is 4.65. The number of rotatable bonds is 4. The van der Waals surface area contributed by atoms with Gasteiger partial charge >= 0.3 is 0 Å². The molecule has 2 amide bonds. The smallest absolute Gasteiger partial charge is 0.246 e. The number of anilines is 1. The van der Waals surface area contributed by atoms with Crippen LogP contribution < -0.4 is 5.32 Å². The molecule has 1 aliphatic rings. The first-order valence-electron chi connectivity index (χ1n) is 10.9. The molecular weight excluding hydrogens is 468 g/mol. The fourth-order valence-electron chi connectivity index (χ4n) is 4.30. The molecule has 6 rings (SSSR count). The lowest BCUT2D eigenvalue weighted by molar-refractivity contribution is -0.129. The number of carbonyl (C=O) groups is 2. The zero-order valence-electron chi connectivity index (χ0n) is 18.3. The zero-order chi connectivity index (χ0) is 23.2. The van der Waals surface area contributed by atoms with Gasteiger partial charge in [0, 0.05) is 23.9 Å². The third-order valence-electron chi connectivity index (χ3n) is 5.98. The molecule has 0 atom stereocenters. The zero-order valence-corrected chi connectivity index (χ0v) is 19.9. The van der Waals surface area contributed by atoms with Crippen LogP contribution in [-0.4, -0.2) is 43.2 Å². The highest BCUT2D eigenvalue weighted by molar-refractivity contribution is 7.22. The molecule has 0 fully saturated rings. The lowest BCUT2D eigenvalue weighted by Gasteiger charge is -2.26. The van der Waals surface area contributed by atoms with Gasteiger partial charge in [-0.1, -0.05) is 29.5 Å². The van der Waals surface area contributed by atoms with Gasteiger partial charge in [-0.25, -0.2) is 9.67 Å². The molecule has 0 aliphatic carbocycles. The molecule has 0 radical (unpaired) electrons. The Morgan fingerprint density at radius 2 is 1.85 bits per heavy atom. The number of thiophene rings is 1. The van der Waals surface area contributed by atoms with Crippen LogP contribution in [0.25, 0.3) is 31.8 Å². The molecule has 0 saturated carbocycles. The number of carbonyl (C=O) groups excluding carboxylic acids is 2. The fourth-order valence-corrected chi connectivity index (χ4v) is 6.69. The molecule has 170 valence electrons. The van der Waals surface area contributed by atoms with Gasteiger partial charge in [-0.05, 0) is 36.2 Å². The maximum absolute atomic E-state index is 13.1. The van der Waals surface area contributed by atoms with Crippen molar-refractivity contribution in [2.75, 3.05) is 11.9 Å². The average Bonchev–Trinajstić information content (AvgIpc) is 3.53. The van der Waals surface area contributed by atoms with Crippen molar-refractivity contribution in [2.45, 2.75) is 26.4 Å². The van der Waals surface area contributed by atoms with Gasteiger partial charge in [0.15, 0.2) is 0 Å². The highest BCUT2D eigenvalue weighted by Crippen LogP contribution is 2.45. The lowest BCUT2D eigenvalue weighted by atomic mass is 10.0.